The van der Waals surface area contributed by atoms with Crippen LogP contribution >= 0.6 is 0 Å². The molecule has 0 radical (unpaired) electrons. The topological polar surface area (TPSA) is 67.9 Å². The van der Waals surface area contributed by atoms with Crippen LogP contribution in [-0.4, -0.2) is 32.6 Å². The van der Waals surface area contributed by atoms with Crippen LogP contribution in [-0.2, 0) is 11.3 Å². The first-order valence-electron chi connectivity index (χ1n) is 8.03. The van der Waals surface area contributed by atoms with E-state index in [2.05, 4.69) is 5.32 Å². The fraction of sp³-hybridized carbons (Fsp3) is 0.263. The zero-order chi connectivity index (χ0) is 17.8. The third-order valence-corrected chi connectivity index (χ3v) is 4.16. The molecule has 0 fully saturated rings. The molecule has 0 unspecified atom stereocenters. The van der Waals surface area contributed by atoms with Crippen molar-refractivity contribution < 1.29 is 19.1 Å². The van der Waals surface area contributed by atoms with Gasteiger partial charge in [0.05, 0.1) is 25.8 Å². The molecule has 0 spiro atoms. The molecule has 2 aromatic rings. The number of carbonyl (C=O) groups is 2. The van der Waals surface area contributed by atoms with Crippen LogP contribution in [0.25, 0.3) is 0 Å². The van der Waals surface area contributed by atoms with E-state index in [-0.39, 0.29) is 11.8 Å². The fourth-order valence-electron chi connectivity index (χ4n) is 2.72. The summed E-state index contributed by atoms with van der Waals surface area (Å²) in [4.78, 5) is 26.0. The molecule has 1 heterocycles. The quantitative estimate of drug-likeness (QED) is 0.928. The summed E-state index contributed by atoms with van der Waals surface area (Å²) in [5.74, 6) is 1.07. The zero-order valence-corrected chi connectivity index (χ0v) is 14.2. The summed E-state index contributed by atoms with van der Waals surface area (Å²) in [6.07, 6.45) is 0.320. The smallest absolute Gasteiger partial charge is 0.251 e. The maximum Gasteiger partial charge on any atom is 0.251 e. The first-order chi connectivity index (χ1) is 12.1. The van der Waals surface area contributed by atoms with Crippen LogP contribution in [0.2, 0.25) is 0 Å². The summed E-state index contributed by atoms with van der Waals surface area (Å²) < 4.78 is 10.9. The third kappa shape index (κ3) is 3.57. The fourth-order valence-corrected chi connectivity index (χ4v) is 2.72. The Labute approximate surface area is 146 Å². The lowest BCUT2D eigenvalue weighted by molar-refractivity contribution is -0.118. The van der Waals surface area contributed by atoms with Gasteiger partial charge >= 0.3 is 0 Å². The van der Waals surface area contributed by atoms with Crippen LogP contribution in [0.1, 0.15) is 22.3 Å². The van der Waals surface area contributed by atoms with Gasteiger partial charge in [-0.25, -0.2) is 0 Å². The van der Waals surface area contributed by atoms with Crippen molar-refractivity contribution >= 4 is 17.5 Å². The van der Waals surface area contributed by atoms with E-state index < -0.39 is 0 Å². The summed E-state index contributed by atoms with van der Waals surface area (Å²) in [6.45, 7) is 0.695. The van der Waals surface area contributed by atoms with E-state index >= 15 is 0 Å². The van der Waals surface area contributed by atoms with Gasteiger partial charge in [-0.2, -0.15) is 0 Å². The summed E-state index contributed by atoms with van der Waals surface area (Å²) in [7, 11) is 3.28. The zero-order valence-electron chi connectivity index (χ0n) is 14.2. The highest BCUT2D eigenvalue weighted by atomic mass is 16.5. The number of para-hydroxylation sites is 1. The monoisotopic (exact) mass is 340 g/mol. The Hall–Kier alpha value is -3.02. The van der Waals surface area contributed by atoms with Gasteiger partial charge in [-0.1, -0.05) is 18.2 Å². The molecule has 0 aliphatic carbocycles. The number of carbonyl (C=O) groups excluding carboxylic acids is 2. The Balaban J connectivity index is 1.77. The number of ether oxygens (including phenoxy) is 2. The van der Waals surface area contributed by atoms with Crippen molar-refractivity contribution in [1.29, 1.82) is 0 Å². The van der Waals surface area contributed by atoms with Crippen LogP contribution in [0.3, 0.4) is 0 Å². The van der Waals surface area contributed by atoms with Crippen LogP contribution < -0.4 is 19.7 Å². The molecule has 0 bridgehead atoms. The molecule has 6 heteroatoms. The number of hydrogen-bond donors (Lipinski definition) is 1. The minimum atomic E-state index is -0.223. The third-order valence-electron chi connectivity index (χ3n) is 4.16. The molecular formula is C19H20N2O4. The Bertz CT molecular complexity index is 804. The number of benzene rings is 2. The predicted molar refractivity (Wildman–Crippen MR) is 94.1 cm³/mol. The number of methoxy groups -OCH3 is 1. The number of fused-ring (bicyclic) bond motifs is 1. The highest BCUT2D eigenvalue weighted by Gasteiger charge is 2.21. The lowest BCUT2D eigenvalue weighted by Gasteiger charge is -2.17. The van der Waals surface area contributed by atoms with Crippen molar-refractivity contribution in [2.45, 2.75) is 13.0 Å². The highest BCUT2D eigenvalue weighted by molar-refractivity contribution is 5.99. The summed E-state index contributed by atoms with van der Waals surface area (Å²) in [5, 5.41) is 2.88. The van der Waals surface area contributed by atoms with Crippen molar-refractivity contribution in [3.8, 4) is 11.5 Å². The Morgan fingerprint density at radius 2 is 2.08 bits per heavy atom. The molecule has 2 amide bonds. The molecule has 0 aromatic heterocycles. The minimum Gasteiger partial charge on any atom is -0.496 e. The molecule has 1 N–H and O–H groups in total. The predicted octanol–water partition coefficient (Wildman–Crippen LogP) is 2.37. The van der Waals surface area contributed by atoms with Gasteiger partial charge in [-0.05, 0) is 24.3 Å². The summed E-state index contributed by atoms with van der Waals surface area (Å²) in [6, 6.07) is 12.6. The van der Waals surface area contributed by atoms with Crippen LogP contribution in [0.5, 0.6) is 11.5 Å². The van der Waals surface area contributed by atoms with E-state index in [0.29, 0.717) is 36.6 Å². The Morgan fingerprint density at radius 3 is 2.88 bits per heavy atom. The lowest BCUT2D eigenvalue weighted by atomic mass is 10.1. The van der Waals surface area contributed by atoms with E-state index in [1.807, 2.05) is 24.3 Å². The summed E-state index contributed by atoms with van der Waals surface area (Å²) >= 11 is 0. The Kier molecular flexibility index (Phi) is 4.88. The number of rotatable bonds is 4. The molecule has 0 saturated carbocycles. The molecule has 0 atom stereocenters. The number of hydrogen-bond acceptors (Lipinski definition) is 4. The molecule has 1 aliphatic rings. The minimum absolute atomic E-state index is 0.0367. The van der Waals surface area contributed by atoms with E-state index in [1.165, 1.54) is 4.90 Å². The van der Waals surface area contributed by atoms with E-state index in [9.17, 15) is 9.59 Å². The average Bonchev–Trinajstić information content (AvgIpc) is 2.78. The average molecular weight is 340 g/mol. The van der Waals surface area contributed by atoms with Crippen LogP contribution in [0, 0.1) is 0 Å². The Morgan fingerprint density at radius 1 is 1.28 bits per heavy atom. The number of amides is 2. The first kappa shape index (κ1) is 16.8. The standard InChI is InChI=1S/C19H20N2O4/c1-21-15-11-13(7-8-17(15)25-10-9-18(21)22)19(23)20-12-14-5-3-4-6-16(14)24-2/h3-8,11H,9-10,12H2,1-2H3,(H,20,23). The summed E-state index contributed by atoms with van der Waals surface area (Å²) in [5.41, 5.74) is 1.97. The molecule has 1 aliphatic heterocycles. The van der Waals surface area contributed by atoms with Gasteiger partial charge < -0.3 is 19.7 Å². The maximum absolute atomic E-state index is 12.5. The van der Waals surface area contributed by atoms with E-state index in [1.54, 1.807) is 32.4 Å². The molecule has 6 nitrogen and oxygen atoms in total. The van der Waals surface area contributed by atoms with Gasteiger partial charge in [0.1, 0.15) is 11.5 Å². The molecule has 130 valence electrons. The van der Waals surface area contributed by atoms with Crippen molar-refractivity contribution in [1.82, 2.24) is 5.32 Å². The molecule has 3 rings (SSSR count). The van der Waals surface area contributed by atoms with E-state index in [0.717, 1.165) is 11.3 Å². The van der Waals surface area contributed by atoms with Crippen molar-refractivity contribution in [2.24, 2.45) is 0 Å². The van der Waals surface area contributed by atoms with Gasteiger partial charge in [0.25, 0.3) is 5.91 Å². The van der Waals surface area contributed by atoms with Crippen LogP contribution in [0.4, 0.5) is 5.69 Å². The van der Waals surface area contributed by atoms with Crippen molar-refractivity contribution in [2.75, 3.05) is 25.7 Å². The second-order valence-electron chi connectivity index (χ2n) is 5.73. The van der Waals surface area contributed by atoms with E-state index in [4.69, 9.17) is 9.47 Å². The molecular weight excluding hydrogens is 320 g/mol. The number of nitrogens with zero attached hydrogens (tertiary/aromatic N) is 1. The van der Waals surface area contributed by atoms with Gasteiger partial charge in [0, 0.05) is 24.7 Å². The highest BCUT2D eigenvalue weighted by Crippen LogP contribution is 2.31. The normalized spacial score (nSPS) is 13.5. The van der Waals surface area contributed by atoms with Gasteiger partial charge in [-0.15, -0.1) is 0 Å². The van der Waals surface area contributed by atoms with Crippen LogP contribution in [0.15, 0.2) is 42.5 Å². The van der Waals surface area contributed by atoms with Gasteiger partial charge in [-0.3, -0.25) is 9.59 Å². The van der Waals surface area contributed by atoms with Crippen molar-refractivity contribution in [3.63, 3.8) is 0 Å². The SMILES string of the molecule is COc1ccccc1CNC(=O)c1ccc2c(c1)N(C)C(=O)CCO2. The maximum atomic E-state index is 12.5. The molecule has 25 heavy (non-hydrogen) atoms. The first-order valence-corrected chi connectivity index (χ1v) is 8.03. The van der Waals surface area contributed by atoms with Gasteiger partial charge in [0.15, 0.2) is 0 Å². The van der Waals surface area contributed by atoms with Crippen molar-refractivity contribution in [3.05, 3.63) is 53.6 Å². The lowest BCUT2D eigenvalue weighted by Crippen LogP contribution is -2.26. The second-order valence-corrected chi connectivity index (χ2v) is 5.73. The second kappa shape index (κ2) is 7.25. The van der Waals surface area contributed by atoms with Gasteiger partial charge in [0.2, 0.25) is 5.91 Å². The largest absolute Gasteiger partial charge is 0.496 e. The molecule has 0 saturated heterocycles. The number of nitrogens with one attached hydrogen (secondary N) is 1. The molecule has 2 aromatic carbocycles. The number of anilines is 1.